The first-order chi connectivity index (χ1) is 6.71. The fraction of sp³-hybridized carbons (Fsp3) is 0.600. The minimum atomic E-state index is -0.301. The van der Waals surface area contributed by atoms with Gasteiger partial charge in [0.1, 0.15) is 11.5 Å². The van der Waals surface area contributed by atoms with Crippen molar-refractivity contribution in [1.29, 1.82) is 0 Å². The molecule has 0 radical (unpaired) electrons. The molecule has 1 aliphatic carbocycles. The number of alkyl halides is 1. The van der Waals surface area contributed by atoms with Crippen molar-refractivity contribution in [3.8, 4) is 0 Å². The van der Waals surface area contributed by atoms with Gasteiger partial charge in [-0.25, -0.2) is 9.97 Å². The zero-order chi connectivity index (χ0) is 10.0. The topological polar surface area (TPSA) is 25.8 Å². The van der Waals surface area contributed by atoms with Gasteiger partial charge in [0.25, 0.3) is 0 Å². The lowest BCUT2D eigenvalue weighted by atomic mass is 9.86. The van der Waals surface area contributed by atoms with E-state index in [1.54, 1.807) is 6.07 Å². The third-order valence-electron chi connectivity index (χ3n) is 2.74. The van der Waals surface area contributed by atoms with Gasteiger partial charge in [-0.1, -0.05) is 30.9 Å². The van der Waals surface area contributed by atoms with Crippen molar-refractivity contribution in [3.05, 3.63) is 23.2 Å². The van der Waals surface area contributed by atoms with Crippen LogP contribution < -0.4 is 0 Å². The summed E-state index contributed by atoms with van der Waals surface area (Å²) in [5.74, 6) is 0. The van der Waals surface area contributed by atoms with Crippen LogP contribution in [0.1, 0.15) is 37.8 Å². The molecule has 1 aromatic rings. The molecule has 4 heteroatoms. The summed E-state index contributed by atoms with van der Waals surface area (Å²) in [5, 5.41) is 0.473. The van der Waals surface area contributed by atoms with Crippen LogP contribution in [0, 0.1) is 0 Å². The molecule has 0 spiro atoms. The maximum Gasteiger partial charge on any atom is 0.132 e. The normalized spacial score (nSPS) is 20.7. The van der Waals surface area contributed by atoms with Gasteiger partial charge in [0.05, 0.1) is 10.6 Å². The van der Waals surface area contributed by atoms with Crippen molar-refractivity contribution in [3.63, 3.8) is 0 Å². The molecule has 1 fully saturated rings. The summed E-state index contributed by atoms with van der Waals surface area (Å²) < 4.78 is 0. The lowest BCUT2D eigenvalue weighted by Crippen LogP contribution is -2.23. The van der Waals surface area contributed by atoms with Crippen LogP contribution >= 0.6 is 23.2 Å². The summed E-state index contributed by atoms with van der Waals surface area (Å²) >= 11 is 12.3. The Morgan fingerprint density at radius 3 is 2.50 bits per heavy atom. The standard InChI is InChI=1S/C10H12Cl2N2/c11-9-6-8(13-7-14-9)10(12)4-2-1-3-5-10/h6-7H,1-5H2. The molecule has 0 amide bonds. The Morgan fingerprint density at radius 2 is 1.86 bits per heavy atom. The molecule has 76 valence electrons. The van der Waals surface area contributed by atoms with Crippen LogP contribution in [0.4, 0.5) is 0 Å². The quantitative estimate of drug-likeness (QED) is 0.545. The Balaban J connectivity index is 2.28. The van der Waals surface area contributed by atoms with E-state index < -0.39 is 0 Å². The lowest BCUT2D eigenvalue weighted by Gasteiger charge is -2.30. The van der Waals surface area contributed by atoms with Gasteiger partial charge in [-0.2, -0.15) is 0 Å². The van der Waals surface area contributed by atoms with Crippen molar-refractivity contribution < 1.29 is 0 Å². The number of halogens is 2. The first-order valence-electron chi connectivity index (χ1n) is 4.88. The highest BCUT2D eigenvalue weighted by molar-refractivity contribution is 6.29. The summed E-state index contributed by atoms with van der Waals surface area (Å²) in [5.41, 5.74) is 0.874. The zero-order valence-corrected chi connectivity index (χ0v) is 9.35. The lowest BCUT2D eigenvalue weighted by molar-refractivity contribution is 0.391. The summed E-state index contributed by atoms with van der Waals surface area (Å²) in [7, 11) is 0. The molecule has 0 saturated heterocycles. The summed E-state index contributed by atoms with van der Waals surface area (Å²) in [6.45, 7) is 0. The maximum atomic E-state index is 6.52. The average molecular weight is 231 g/mol. The zero-order valence-electron chi connectivity index (χ0n) is 7.84. The Bertz CT molecular complexity index is 322. The third kappa shape index (κ3) is 2.01. The predicted octanol–water partition coefficient (Wildman–Crippen LogP) is 3.53. The van der Waals surface area contributed by atoms with E-state index in [1.165, 1.54) is 25.6 Å². The van der Waals surface area contributed by atoms with Gasteiger partial charge in [-0.05, 0) is 18.9 Å². The second-order valence-corrected chi connectivity index (χ2v) is 4.86. The van der Waals surface area contributed by atoms with Crippen molar-refractivity contribution in [2.75, 3.05) is 0 Å². The molecule has 0 unspecified atom stereocenters. The van der Waals surface area contributed by atoms with Gasteiger partial charge in [0.15, 0.2) is 0 Å². The van der Waals surface area contributed by atoms with Gasteiger partial charge < -0.3 is 0 Å². The monoisotopic (exact) mass is 230 g/mol. The fourth-order valence-electron chi connectivity index (χ4n) is 1.95. The number of aromatic nitrogens is 2. The fourth-order valence-corrected chi connectivity index (χ4v) is 2.46. The van der Waals surface area contributed by atoms with Crippen molar-refractivity contribution in [2.24, 2.45) is 0 Å². The SMILES string of the molecule is Clc1cc(C2(Cl)CCCCC2)ncn1. The number of hydrogen-bond acceptors (Lipinski definition) is 2. The first kappa shape index (κ1) is 10.2. The van der Waals surface area contributed by atoms with Crippen LogP contribution in [0.3, 0.4) is 0 Å². The highest BCUT2D eigenvalue weighted by Gasteiger charge is 2.32. The van der Waals surface area contributed by atoms with Crippen LogP contribution in [0.5, 0.6) is 0 Å². The number of rotatable bonds is 1. The van der Waals surface area contributed by atoms with Crippen molar-refractivity contribution in [1.82, 2.24) is 9.97 Å². The van der Waals surface area contributed by atoms with E-state index in [2.05, 4.69) is 9.97 Å². The molecule has 2 nitrogen and oxygen atoms in total. The molecule has 0 atom stereocenters. The number of nitrogens with zero attached hydrogens (tertiary/aromatic N) is 2. The molecular weight excluding hydrogens is 219 g/mol. The molecule has 2 rings (SSSR count). The van der Waals surface area contributed by atoms with Gasteiger partial charge in [0, 0.05) is 0 Å². The van der Waals surface area contributed by atoms with E-state index in [0.29, 0.717) is 5.15 Å². The van der Waals surface area contributed by atoms with E-state index in [0.717, 1.165) is 18.5 Å². The average Bonchev–Trinajstić information content (AvgIpc) is 2.19. The third-order valence-corrected chi connectivity index (χ3v) is 3.52. The highest BCUT2D eigenvalue weighted by atomic mass is 35.5. The smallest absolute Gasteiger partial charge is 0.132 e. The summed E-state index contributed by atoms with van der Waals surface area (Å²) in [6.07, 6.45) is 7.07. The molecule has 0 bridgehead atoms. The van der Waals surface area contributed by atoms with Crippen LogP contribution in [-0.4, -0.2) is 9.97 Å². The molecule has 1 aromatic heterocycles. The van der Waals surface area contributed by atoms with E-state index in [1.807, 2.05) is 0 Å². The number of hydrogen-bond donors (Lipinski definition) is 0. The molecule has 14 heavy (non-hydrogen) atoms. The molecule has 1 saturated carbocycles. The van der Waals surface area contributed by atoms with Gasteiger partial charge in [-0.15, -0.1) is 11.6 Å². The Kier molecular flexibility index (Phi) is 2.93. The molecule has 0 N–H and O–H groups in total. The minimum absolute atomic E-state index is 0.301. The highest BCUT2D eigenvalue weighted by Crippen LogP contribution is 2.42. The Morgan fingerprint density at radius 1 is 1.14 bits per heavy atom. The van der Waals surface area contributed by atoms with Crippen LogP contribution in [0.15, 0.2) is 12.4 Å². The summed E-state index contributed by atoms with van der Waals surface area (Å²) in [4.78, 5) is 7.77. The van der Waals surface area contributed by atoms with Gasteiger partial charge in [0.2, 0.25) is 0 Å². The van der Waals surface area contributed by atoms with E-state index in [4.69, 9.17) is 23.2 Å². The molecular formula is C10H12Cl2N2. The van der Waals surface area contributed by atoms with E-state index in [-0.39, 0.29) is 4.87 Å². The largest absolute Gasteiger partial charge is 0.239 e. The molecule has 0 aliphatic heterocycles. The molecule has 1 heterocycles. The van der Waals surface area contributed by atoms with Gasteiger partial charge >= 0.3 is 0 Å². The summed E-state index contributed by atoms with van der Waals surface area (Å²) in [6, 6.07) is 1.78. The van der Waals surface area contributed by atoms with Crippen molar-refractivity contribution >= 4 is 23.2 Å². The van der Waals surface area contributed by atoms with E-state index >= 15 is 0 Å². The van der Waals surface area contributed by atoms with Crippen LogP contribution in [0.25, 0.3) is 0 Å². The van der Waals surface area contributed by atoms with Crippen molar-refractivity contribution in [2.45, 2.75) is 37.0 Å². The Hall–Kier alpha value is -0.340. The minimum Gasteiger partial charge on any atom is -0.239 e. The maximum absolute atomic E-state index is 6.52. The second-order valence-electron chi connectivity index (χ2n) is 3.75. The van der Waals surface area contributed by atoms with Gasteiger partial charge in [-0.3, -0.25) is 0 Å². The van der Waals surface area contributed by atoms with E-state index in [9.17, 15) is 0 Å². The molecule has 1 aliphatic rings. The second kappa shape index (κ2) is 4.03. The Labute approximate surface area is 93.7 Å². The molecule has 0 aromatic carbocycles. The predicted molar refractivity (Wildman–Crippen MR) is 57.7 cm³/mol. The van der Waals surface area contributed by atoms with Crippen LogP contribution in [0.2, 0.25) is 5.15 Å². The first-order valence-corrected chi connectivity index (χ1v) is 5.63. The van der Waals surface area contributed by atoms with Crippen LogP contribution in [-0.2, 0) is 4.87 Å².